The fourth-order valence-corrected chi connectivity index (χ4v) is 0.982. The number of benzene rings is 1. The van der Waals surface area contributed by atoms with Gasteiger partial charge in [0.25, 0.3) is 0 Å². The number of hydrogen-bond donors (Lipinski definition) is 1. The summed E-state index contributed by atoms with van der Waals surface area (Å²) >= 11 is 0. The molecule has 14 heavy (non-hydrogen) atoms. The molecule has 72 valence electrons. The van der Waals surface area contributed by atoms with Crippen LogP contribution in [-0.2, 0) is 0 Å². The van der Waals surface area contributed by atoms with Crippen LogP contribution < -0.4 is 5.76 Å². The van der Waals surface area contributed by atoms with Crippen molar-refractivity contribution in [3.8, 4) is 11.5 Å². The molecule has 0 amide bonds. The Morgan fingerprint density at radius 2 is 2.07 bits per heavy atom. The topological polar surface area (TPSA) is 58.9 Å². The lowest BCUT2D eigenvalue weighted by molar-refractivity contribution is 0.505. The molecule has 1 heterocycles. The van der Waals surface area contributed by atoms with Gasteiger partial charge < -0.3 is 4.42 Å². The van der Waals surface area contributed by atoms with E-state index in [2.05, 4.69) is 9.52 Å². The van der Waals surface area contributed by atoms with Gasteiger partial charge >= 0.3 is 5.76 Å². The molecule has 0 atom stereocenters. The molecule has 0 aliphatic heterocycles. The molecule has 2 rings (SSSR count). The van der Waals surface area contributed by atoms with E-state index in [0.717, 1.165) is 12.1 Å². The van der Waals surface area contributed by atoms with E-state index < -0.39 is 17.4 Å². The van der Waals surface area contributed by atoms with Crippen LogP contribution in [-0.4, -0.2) is 10.2 Å². The lowest BCUT2D eigenvalue weighted by Gasteiger charge is -1.94. The molecular weight excluding hydrogens is 194 g/mol. The first-order valence-corrected chi connectivity index (χ1v) is 3.68. The van der Waals surface area contributed by atoms with Crippen molar-refractivity contribution in [2.75, 3.05) is 0 Å². The van der Waals surface area contributed by atoms with Crippen LogP contribution in [0.1, 0.15) is 0 Å². The molecule has 0 bridgehead atoms. The number of rotatable bonds is 1. The molecule has 1 N–H and O–H groups in total. The highest BCUT2D eigenvalue weighted by Gasteiger charge is 2.08. The van der Waals surface area contributed by atoms with Gasteiger partial charge in [0.2, 0.25) is 5.89 Å². The highest BCUT2D eigenvalue weighted by atomic mass is 19.2. The Balaban J connectivity index is 2.52. The van der Waals surface area contributed by atoms with Crippen molar-refractivity contribution in [2.45, 2.75) is 0 Å². The van der Waals surface area contributed by atoms with Crippen molar-refractivity contribution >= 4 is 0 Å². The summed E-state index contributed by atoms with van der Waals surface area (Å²) < 4.78 is 29.8. The van der Waals surface area contributed by atoms with Gasteiger partial charge in [-0.2, -0.15) is 0 Å². The lowest BCUT2D eigenvalue weighted by Crippen LogP contribution is -1.93. The molecule has 1 aromatic carbocycles. The second-order valence-electron chi connectivity index (χ2n) is 2.55. The second kappa shape index (κ2) is 3.06. The summed E-state index contributed by atoms with van der Waals surface area (Å²) in [6, 6.07) is 3.09. The quantitative estimate of drug-likeness (QED) is 0.751. The third kappa shape index (κ3) is 1.41. The van der Waals surface area contributed by atoms with E-state index in [1.54, 1.807) is 0 Å². The summed E-state index contributed by atoms with van der Waals surface area (Å²) in [5, 5.41) is 5.48. The molecule has 0 radical (unpaired) electrons. The number of nitrogens with zero attached hydrogens (tertiary/aromatic N) is 1. The van der Waals surface area contributed by atoms with Crippen LogP contribution >= 0.6 is 0 Å². The number of halogens is 2. The Morgan fingerprint density at radius 1 is 1.29 bits per heavy atom. The summed E-state index contributed by atoms with van der Waals surface area (Å²) in [4.78, 5) is 10.6. The molecule has 0 spiro atoms. The lowest BCUT2D eigenvalue weighted by atomic mass is 10.2. The fraction of sp³-hybridized carbons (Fsp3) is 0. The van der Waals surface area contributed by atoms with E-state index in [4.69, 9.17) is 0 Å². The average Bonchev–Trinajstić information content (AvgIpc) is 2.57. The van der Waals surface area contributed by atoms with Gasteiger partial charge in [0.05, 0.1) is 0 Å². The van der Waals surface area contributed by atoms with Gasteiger partial charge in [0, 0.05) is 5.56 Å². The molecule has 6 heteroatoms. The minimum absolute atomic E-state index is 0.0751. The van der Waals surface area contributed by atoms with E-state index in [-0.39, 0.29) is 11.5 Å². The van der Waals surface area contributed by atoms with Gasteiger partial charge in [-0.15, -0.1) is 5.10 Å². The average molecular weight is 198 g/mol. The molecule has 0 aliphatic carbocycles. The van der Waals surface area contributed by atoms with E-state index in [1.807, 2.05) is 5.10 Å². The zero-order valence-electron chi connectivity index (χ0n) is 6.75. The first-order valence-electron chi connectivity index (χ1n) is 3.68. The van der Waals surface area contributed by atoms with Gasteiger partial charge in [-0.25, -0.2) is 18.7 Å². The number of H-pyrrole nitrogens is 1. The predicted molar refractivity (Wildman–Crippen MR) is 42.5 cm³/mol. The summed E-state index contributed by atoms with van der Waals surface area (Å²) in [5.41, 5.74) is 0.197. The Morgan fingerprint density at radius 3 is 2.64 bits per heavy atom. The molecule has 0 fully saturated rings. The zero-order valence-corrected chi connectivity index (χ0v) is 6.75. The van der Waals surface area contributed by atoms with E-state index in [0.29, 0.717) is 0 Å². The van der Waals surface area contributed by atoms with E-state index in [1.165, 1.54) is 6.07 Å². The molecule has 4 nitrogen and oxygen atoms in total. The van der Waals surface area contributed by atoms with Crippen molar-refractivity contribution in [3.63, 3.8) is 0 Å². The third-order valence-electron chi connectivity index (χ3n) is 1.60. The van der Waals surface area contributed by atoms with E-state index in [9.17, 15) is 13.6 Å². The number of hydrogen-bond acceptors (Lipinski definition) is 3. The largest absolute Gasteiger partial charge is 0.434 e. The van der Waals surface area contributed by atoms with Crippen LogP contribution in [0, 0.1) is 11.6 Å². The van der Waals surface area contributed by atoms with Crippen molar-refractivity contribution < 1.29 is 13.2 Å². The van der Waals surface area contributed by atoms with E-state index >= 15 is 0 Å². The fourth-order valence-electron chi connectivity index (χ4n) is 0.982. The van der Waals surface area contributed by atoms with Gasteiger partial charge in [-0.1, -0.05) is 0 Å². The summed E-state index contributed by atoms with van der Waals surface area (Å²) in [5.74, 6) is -2.81. The molecule has 0 unspecified atom stereocenters. The summed E-state index contributed by atoms with van der Waals surface area (Å²) in [7, 11) is 0. The first kappa shape index (κ1) is 8.61. The molecule has 1 aromatic heterocycles. The van der Waals surface area contributed by atoms with Gasteiger partial charge in [-0.05, 0) is 18.2 Å². The standard InChI is InChI=1S/C8H4F2N2O2/c9-5-2-1-4(3-6(5)10)7-11-12-8(13)14-7/h1-3H,(H,12,13). The maximum Gasteiger partial charge on any atom is 0.434 e. The minimum atomic E-state index is -1.02. The van der Waals surface area contributed by atoms with Crippen LogP contribution in [0.2, 0.25) is 0 Å². The smallest absolute Gasteiger partial charge is 0.388 e. The van der Waals surface area contributed by atoms with Gasteiger partial charge in [0.15, 0.2) is 11.6 Å². The van der Waals surface area contributed by atoms with Gasteiger partial charge in [0.1, 0.15) is 0 Å². The summed E-state index contributed by atoms with van der Waals surface area (Å²) in [6.45, 7) is 0. The zero-order chi connectivity index (χ0) is 10.1. The highest BCUT2D eigenvalue weighted by Crippen LogP contribution is 2.17. The molecule has 0 saturated carbocycles. The SMILES string of the molecule is O=c1[nH]nc(-c2ccc(F)c(F)c2)o1. The maximum absolute atomic E-state index is 12.7. The molecule has 2 aromatic rings. The maximum atomic E-state index is 12.7. The van der Waals surface area contributed by atoms with Crippen LogP contribution in [0.5, 0.6) is 0 Å². The number of nitrogens with one attached hydrogen (secondary N) is 1. The number of aromatic amines is 1. The predicted octanol–water partition coefficient (Wildman–Crippen LogP) is 1.31. The number of aromatic nitrogens is 2. The van der Waals surface area contributed by atoms with Crippen LogP contribution in [0.25, 0.3) is 11.5 Å². The molecule has 0 aliphatic rings. The minimum Gasteiger partial charge on any atom is -0.388 e. The third-order valence-corrected chi connectivity index (χ3v) is 1.60. The summed E-state index contributed by atoms with van der Waals surface area (Å²) in [6.07, 6.45) is 0. The second-order valence-corrected chi connectivity index (χ2v) is 2.55. The van der Waals surface area contributed by atoms with Crippen LogP contribution in [0.4, 0.5) is 8.78 Å². The normalized spacial score (nSPS) is 10.4. The van der Waals surface area contributed by atoms with Crippen molar-refractivity contribution in [1.82, 2.24) is 10.2 Å². The Hall–Kier alpha value is -1.98. The monoisotopic (exact) mass is 198 g/mol. The van der Waals surface area contributed by atoms with Crippen LogP contribution in [0.15, 0.2) is 27.4 Å². The Bertz CT molecular complexity index is 518. The van der Waals surface area contributed by atoms with Gasteiger partial charge in [-0.3, -0.25) is 0 Å². The highest BCUT2D eigenvalue weighted by molar-refractivity contribution is 5.52. The Labute approximate surface area is 76.2 Å². The van der Waals surface area contributed by atoms with Crippen molar-refractivity contribution in [2.24, 2.45) is 0 Å². The first-order chi connectivity index (χ1) is 6.66. The molecular formula is C8H4F2N2O2. The van der Waals surface area contributed by atoms with Crippen molar-refractivity contribution in [3.05, 3.63) is 40.4 Å². The van der Waals surface area contributed by atoms with Crippen LogP contribution in [0.3, 0.4) is 0 Å². The Kier molecular flexibility index (Phi) is 1.88. The molecule has 0 saturated heterocycles. The van der Waals surface area contributed by atoms with Crippen molar-refractivity contribution in [1.29, 1.82) is 0 Å².